The molecule has 0 aliphatic heterocycles. The van der Waals surface area contributed by atoms with Crippen LogP contribution < -0.4 is 0 Å². The number of phenols is 1. The molecular weight excluding hydrogens is 260 g/mol. The molecule has 2 rings (SSSR count). The smallest absolute Gasteiger partial charge is 0.336 e. The van der Waals surface area contributed by atoms with Gasteiger partial charge < -0.3 is 10.2 Å². The summed E-state index contributed by atoms with van der Waals surface area (Å²) in [5.41, 5.74) is 0.216. The van der Waals surface area contributed by atoms with Gasteiger partial charge in [-0.05, 0) is 51.0 Å². The first-order valence-corrected chi connectivity index (χ1v) is 5.03. The first-order valence-electron chi connectivity index (χ1n) is 4.24. The highest BCUT2D eigenvalue weighted by molar-refractivity contribution is 9.10. The number of aromatic hydroxyl groups is 1. The van der Waals surface area contributed by atoms with E-state index in [0.717, 1.165) is 10.8 Å². The standard InChI is InChI=1S/C11H7BrO3/c12-10-8-4-2-7(13)5-6(8)1-3-9(10)11(14)15/h1-5,13H,(H,14,15). The van der Waals surface area contributed by atoms with Gasteiger partial charge in [0.1, 0.15) is 5.75 Å². The minimum atomic E-state index is -0.975. The molecule has 0 aliphatic carbocycles. The van der Waals surface area contributed by atoms with E-state index < -0.39 is 5.97 Å². The summed E-state index contributed by atoms with van der Waals surface area (Å²) in [6, 6.07) is 7.98. The predicted octanol–water partition coefficient (Wildman–Crippen LogP) is 3.01. The number of hydrogen-bond acceptors (Lipinski definition) is 2. The molecule has 0 spiro atoms. The number of phenolic OH excluding ortho intramolecular Hbond substituents is 1. The molecule has 4 heteroatoms. The number of benzene rings is 2. The molecule has 0 saturated heterocycles. The molecule has 0 unspecified atom stereocenters. The number of carbonyl (C=O) groups is 1. The first-order chi connectivity index (χ1) is 7.09. The van der Waals surface area contributed by atoms with Crippen LogP contribution in [0.2, 0.25) is 0 Å². The second kappa shape index (κ2) is 3.55. The molecule has 0 atom stereocenters. The van der Waals surface area contributed by atoms with Gasteiger partial charge in [0.2, 0.25) is 0 Å². The van der Waals surface area contributed by atoms with E-state index in [9.17, 15) is 9.90 Å². The van der Waals surface area contributed by atoms with Crippen LogP contribution in [0, 0.1) is 0 Å². The third-order valence-corrected chi connectivity index (χ3v) is 3.02. The van der Waals surface area contributed by atoms with E-state index in [1.54, 1.807) is 18.2 Å². The lowest BCUT2D eigenvalue weighted by atomic mass is 10.1. The van der Waals surface area contributed by atoms with Crippen LogP contribution >= 0.6 is 15.9 Å². The molecule has 2 aromatic rings. The Morgan fingerprint density at radius 2 is 1.93 bits per heavy atom. The van der Waals surface area contributed by atoms with Crippen molar-refractivity contribution < 1.29 is 15.0 Å². The predicted molar refractivity (Wildman–Crippen MR) is 60.3 cm³/mol. The normalized spacial score (nSPS) is 10.5. The summed E-state index contributed by atoms with van der Waals surface area (Å²) in [5.74, 6) is -0.811. The number of halogens is 1. The van der Waals surface area contributed by atoms with Crippen molar-refractivity contribution in [2.75, 3.05) is 0 Å². The van der Waals surface area contributed by atoms with Crippen molar-refractivity contribution in [1.29, 1.82) is 0 Å². The minimum Gasteiger partial charge on any atom is -0.508 e. The van der Waals surface area contributed by atoms with E-state index >= 15 is 0 Å². The molecule has 0 saturated carbocycles. The van der Waals surface area contributed by atoms with Crippen LogP contribution in [-0.4, -0.2) is 16.2 Å². The Kier molecular flexibility index (Phi) is 2.36. The number of carboxylic acids is 1. The van der Waals surface area contributed by atoms with Crippen molar-refractivity contribution in [3.05, 3.63) is 40.4 Å². The molecule has 0 aromatic heterocycles. The van der Waals surface area contributed by atoms with Crippen molar-refractivity contribution in [3.8, 4) is 5.75 Å². The van der Waals surface area contributed by atoms with Crippen LogP contribution in [0.3, 0.4) is 0 Å². The first kappa shape index (κ1) is 9.98. The molecule has 76 valence electrons. The average molecular weight is 267 g/mol. The van der Waals surface area contributed by atoms with E-state index in [1.807, 2.05) is 0 Å². The number of carboxylic acid groups (broad SMARTS) is 1. The van der Waals surface area contributed by atoms with Crippen molar-refractivity contribution in [2.24, 2.45) is 0 Å². The SMILES string of the molecule is O=C(O)c1ccc2cc(O)ccc2c1Br. The molecule has 0 bridgehead atoms. The molecule has 2 aromatic carbocycles. The molecule has 0 fully saturated rings. The van der Waals surface area contributed by atoms with Gasteiger partial charge in [-0.1, -0.05) is 6.07 Å². The van der Waals surface area contributed by atoms with Gasteiger partial charge in [0, 0.05) is 4.47 Å². The van der Waals surface area contributed by atoms with Crippen molar-refractivity contribution in [3.63, 3.8) is 0 Å². The number of fused-ring (bicyclic) bond motifs is 1. The fraction of sp³-hybridized carbons (Fsp3) is 0. The number of aromatic carboxylic acids is 1. The zero-order chi connectivity index (χ0) is 11.0. The highest BCUT2D eigenvalue weighted by atomic mass is 79.9. The summed E-state index contributed by atoms with van der Waals surface area (Å²) in [6.07, 6.45) is 0. The fourth-order valence-electron chi connectivity index (χ4n) is 1.44. The largest absolute Gasteiger partial charge is 0.508 e. The Hall–Kier alpha value is -1.55. The second-order valence-electron chi connectivity index (χ2n) is 3.14. The quantitative estimate of drug-likeness (QED) is 0.834. The van der Waals surface area contributed by atoms with E-state index in [-0.39, 0.29) is 11.3 Å². The van der Waals surface area contributed by atoms with Crippen LogP contribution in [0.4, 0.5) is 0 Å². The molecule has 0 radical (unpaired) electrons. The van der Waals surface area contributed by atoms with Crippen molar-refractivity contribution in [2.45, 2.75) is 0 Å². The maximum absolute atomic E-state index is 10.9. The Bertz CT molecular complexity index is 549. The van der Waals surface area contributed by atoms with Crippen LogP contribution in [-0.2, 0) is 0 Å². The summed E-state index contributed by atoms with van der Waals surface area (Å²) in [4.78, 5) is 10.9. The Labute approximate surface area is 94.1 Å². The lowest BCUT2D eigenvalue weighted by molar-refractivity contribution is 0.0696. The van der Waals surface area contributed by atoms with Crippen LogP contribution in [0.25, 0.3) is 10.8 Å². The zero-order valence-corrected chi connectivity index (χ0v) is 9.15. The van der Waals surface area contributed by atoms with Crippen LogP contribution in [0.5, 0.6) is 5.75 Å². The summed E-state index contributed by atoms with van der Waals surface area (Å²) in [7, 11) is 0. The van der Waals surface area contributed by atoms with Gasteiger partial charge >= 0.3 is 5.97 Å². The monoisotopic (exact) mass is 266 g/mol. The third kappa shape index (κ3) is 1.68. The molecule has 15 heavy (non-hydrogen) atoms. The molecule has 0 heterocycles. The molecule has 3 nitrogen and oxygen atoms in total. The summed E-state index contributed by atoms with van der Waals surface area (Å²) >= 11 is 3.24. The van der Waals surface area contributed by atoms with Gasteiger partial charge in [0.05, 0.1) is 5.56 Å². The molecular formula is C11H7BrO3. The van der Waals surface area contributed by atoms with Gasteiger partial charge in [-0.3, -0.25) is 0 Å². The maximum atomic E-state index is 10.9. The van der Waals surface area contributed by atoms with Crippen LogP contribution in [0.15, 0.2) is 34.8 Å². The highest BCUT2D eigenvalue weighted by Gasteiger charge is 2.10. The number of rotatable bonds is 1. The molecule has 0 aliphatic rings. The maximum Gasteiger partial charge on any atom is 0.336 e. The van der Waals surface area contributed by atoms with E-state index in [0.29, 0.717) is 4.47 Å². The third-order valence-electron chi connectivity index (χ3n) is 2.17. The molecule has 0 amide bonds. The van der Waals surface area contributed by atoms with Gasteiger partial charge in [-0.15, -0.1) is 0 Å². The summed E-state index contributed by atoms with van der Waals surface area (Å²) in [5, 5.41) is 19.7. The van der Waals surface area contributed by atoms with E-state index in [4.69, 9.17) is 5.11 Å². The average Bonchev–Trinajstić information content (AvgIpc) is 2.17. The lowest BCUT2D eigenvalue weighted by Crippen LogP contribution is -1.97. The highest BCUT2D eigenvalue weighted by Crippen LogP contribution is 2.29. The van der Waals surface area contributed by atoms with Gasteiger partial charge in [0.15, 0.2) is 0 Å². The second-order valence-corrected chi connectivity index (χ2v) is 3.93. The van der Waals surface area contributed by atoms with Crippen molar-refractivity contribution in [1.82, 2.24) is 0 Å². The summed E-state index contributed by atoms with van der Waals surface area (Å²) in [6.45, 7) is 0. The van der Waals surface area contributed by atoms with Gasteiger partial charge in [-0.2, -0.15) is 0 Å². The topological polar surface area (TPSA) is 57.5 Å². The minimum absolute atomic E-state index is 0.164. The van der Waals surface area contributed by atoms with Gasteiger partial charge in [-0.25, -0.2) is 4.79 Å². The Morgan fingerprint density at radius 3 is 2.60 bits per heavy atom. The Morgan fingerprint density at radius 1 is 1.20 bits per heavy atom. The van der Waals surface area contributed by atoms with Crippen LogP contribution in [0.1, 0.15) is 10.4 Å². The van der Waals surface area contributed by atoms with E-state index in [1.165, 1.54) is 12.1 Å². The number of hydrogen-bond donors (Lipinski definition) is 2. The summed E-state index contributed by atoms with van der Waals surface area (Å²) < 4.78 is 0.535. The zero-order valence-electron chi connectivity index (χ0n) is 7.57. The Balaban J connectivity index is 2.80. The molecule has 2 N–H and O–H groups in total. The van der Waals surface area contributed by atoms with Gasteiger partial charge in [0.25, 0.3) is 0 Å². The fourth-order valence-corrected chi connectivity index (χ4v) is 2.11. The van der Waals surface area contributed by atoms with Crippen molar-refractivity contribution >= 4 is 32.7 Å². The van der Waals surface area contributed by atoms with E-state index in [2.05, 4.69) is 15.9 Å². The lowest BCUT2D eigenvalue weighted by Gasteiger charge is -2.04.